The smallest absolute Gasteiger partial charge is 0.124 e. The molecule has 0 aliphatic rings. The first-order valence-electron chi connectivity index (χ1n) is 7.69. The highest BCUT2D eigenvalue weighted by molar-refractivity contribution is 6.02. The first-order chi connectivity index (χ1) is 11.3. The second-order valence-electron chi connectivity index (χ2n) is 5.63. The van der Waals surface area contributed by atoms with Gasteiger partial charge in [-0.05, 0) is 39.8 Å². The third-order valence-corrected chi connectivity index (χ3v) is 4.15. The van der Waals surface area contributed by atoms with E-state index in [0.717, 1.165) is 33.0 Å². The average Bonchev–Trinajstić information content (AvgIpc) is 2.62. The van der Waals surface area contributed by atoms with E-state index in [2.05, 4.69) is 36.4 Å². The third kappa shape index (κ3) is 2.47. The van der Waals surface area contributed by atoms with Gasteiger partial charge >= 0.3 is 0 Å². The summed E-state index contributed by atoms with van der Waals surface area (Å²) >= 11 is 0. The molecule has 0 atom stereocenters. The Hall–Kier alpha value is -3.06. The van der Waals surface area contributed by atoms with Gasteiger partial charge in [-0.2, -0.15) is 0 Å². The molecule has 4 aromatic rings. The van der Waals surface area contributed by atoms with Crippen LogP contribution in [0.1, 0.15) is 0 Å². The van der Waals surface area contributed by atoms with Gasteiger partial charge < -0.3 is 5.11 Å². The maximum Gasteiger partial charge on any atom is 0.124 e. The molecule has 0 fully saturated rings. The van der Waals surface area contributed by atoms with Gasteiger partial charge in [0.1, 0.15) is 5.75 Å². The monoisotopic (exact) mass is 296 g/mol. The molecule has 1 N–H and O–H groups in total. The number of hydrogen-bond donors (Lipinski definition) is 1. The van der Waals surface area contributed by atoms with Crippen LogP contribution in [0.3, 0.4) is 0 Å². The van der Waals surface area contributed by atoms with Gasteiger partial charge in [0.2, 0.25) is 0 Å². The highest BCUT2D eigenvalue weighted by Crippen LogP contribution is 2.37. The van der Waals surface area contributed by atoms with Crippen molar-refractivity contribution in [2.24, 2.45) is 0 Å². The lowest BCUT2D eigenvalue weighted by molar-refractivity contribution is 0.482. The van der Waals surface area contributed by atoms with E-state index in [9.17, 15) is 5.11 Å². The molecule has 0 bridgehead atoms. The van der Waals surface area contributed by atoms with Gasteiger partial charge in [-0.3, -0.25) is 0 Å². The molecule has 0 amide bonds. The van der Waals surface area contributed by atoms with Crippen LogP contribution < -0.4 is 0 Å². The topological polar surface area (TPSA) is 20.2 Å². The third-order valence-electron chi connectivity index (χ3n) is 4.15. The standard InChI is InChI=1S/C22H16O/c23-21-15-19(16-8-3-1-4-9-16)14-18-12-7-13-20(22(18)21)17-10-5-2-6-11-17/h1-15,23H. The largest absolute Gasteiger partial charge is 0.507 e. The van der Waals surface area contributed by atoms with Crippen molar-refractivity contribution in [3.8, 4) is 28.0 Å². The van der Waals surface area contributed by atoms with Gasteiger partial charge in [0.25, 0.3) is 0 Å². The molecule has 1 nitrogen and oxygen atoms in total. The van der Waals surface area contributed by atoms with Crippen LogP contribution in [0.4, 0.5) is 0 Å². The Labute approximate surface area is 135 Å². The zero-order chi connectivity index (χ0) is 15.6. The van der Waals surface area contributed by atoms with Gasteiger partial charge in [0.15, 0.2) is 0 Å². The molecule has 4 aromatic carbocycles. The summed E-state index contributed by atoms with van der Waals surface area (Å²) in [5.74, 6) is 0.320. The quantitative estimate of drug-likeness (QED) is 0.490. The maximum absolute atomic E-state index is 10.7. The number of hydrogen-bond acceptors (Lipinski definition) is 1. The summed E-state index contributed by atoms with van der Waals surface area (Å²) in [6.45, 7) is 0. The molecule has 0 heterocycles. The zero-order valence-electron chi connectivity index (χ0n) is 12.6. The summed E-state index contributed by atoms with van der Waals surface area (Å²) in [6, 6.07) is 30.4. The predicted molar refractivity (Wildman–Crippen MR) is 96.5 cm³/mol. The van der Waals surface area contributed by atoms with E-state index < -0.39 is 0 Å². The van der Waals surface area contributed by atoms with E-state index in [1.165, 1.54) is 0 Å². The number of fused-ring (bicyclic) bond motifs is 1. The molecule has 0 aliphatic heterocycles. The molecule has 1 heteroatoms. The van der Waals surface area contributed by atoms with Crippen LogP contribution in [0.15, 0.2) is 91.0 Å². The average molecular weight is 296 g/mol. The van der Waals surface area contributed by atoms with Crippen molar-refractivity contribution >= 4 is 10.8 Å². The van der Waals surface area contributed by atoms with Crippen LogP contribution in [-0.4, -0.2) is 5.11 Å². The first-order valence-corrected chi connectivity index (χ1v) is 7.69. The molecule has 0 radical (unpaired) electrons. The molecule has 0 spiro atoms. The molecule has 0 saturated carbocycles. The van der Waals surface area contributed by atoms with Crippen LogP contribution >= 0.6 is 0 Å². The molecular formula is C22H16O. The summed E-state index contributed by atoms with van der Waals surface area (Å²) in [4.78, 5) is 0. The highest BCUT2D eigenvalue weighted by Gasteiger charge is 2.10. The summed E-state index contributed by atoms with van der Waals surface area (Å²) in [5.41, 5.74) is 4.30. The number of phenols is 1. The molecule has 0 unspecified atom stereocenters. The number of phenolic OH excluding ortho intramolecular Hbond substituents is 1. The lowest BCUT2D eigenvalue weighted by Crippen LogP contribution is -1.84. The van der Waals surface area contributed by atoms with Crippen molar-refractivity contribution in [2.45, 2.75) is 0 Å². The van der Waals surface area contributed by atoms with Crippen LogP contribution in [0.2, 0.25) is 0 Å². The van der Waals surface area contributed by atoms with Gasteiger partial charge in [-0.25, -0.2) is 0 Å². The fourth-order valence-corrected chi connectivity index (χ4v) is 3.06. The second kappa shape index (κ2) is 5.62. The Morgan fingerprint density at radius 1 is 0.522 bits per heavy atom. The number of aromatic hydroxyl groups is 1. The predicted octanol–water partition coefficient (Wildman–Crippen LogP) is 5.88. The van der Waals surface area contributed by atoms with Crippen molar-refractivity contribution < 1.29 is 5.11 Å². The summed E-state index contributed by atoms with van der Waals surface area (Å²) in [7, 11) is 0. The van der Waals surface area contributed by atoms with Crippen molar-refractivity contribution in [1.82, 2.24) is 0 Å². The molecule has 0 aliphatic carbocycles. The van der Waals surface area contributed by atoms with Crippen molar-refractivity contribution in [1.29, 1.82) is 0 Å². The van der Waals surface area contributed by atoms with Crippen LogP contribution in [-0.2, 0) is 0 Å². The minimum atomic E-state index is 0.320. The fraction of sp³-hybridized carbons (Fsp3) is 0. The van der Waals surface area contributed by atoms with E-state index in [-0.39, 0.29) is 0 Å². The number of benzene rings is 4. The van der Waals surface area contributed by atoms with Crippen molar-refractivity contribution in [3.05, 3.63) is 91.0 Å². The van der Waals surface area contributed by atoms with Crippen LogP contribution in [0.5, 0.6) is 5.75 Å². The van der Waals surface area contributed by atoms with E-state index >= 15 is 0 Å². The molecule has 0 saturated heterocycles. The Balaban J connectivity index is 1.96. The highest BCUT2D eigenvalue weighted by atomic mass is 16.3. The van der Waals surface area contributed by atoms with E-state index in [1.807, 2.05) is 54.6 Å². The van der Waals surface area contributed by atoms with Crippen LogP contribution in [0, 0.1) is 0 Å². The van der Waals surface area contributed by atoms with Gasteiger partial charge in [-0.1, -0.05) is 78.9 Å². The van der Waals surface area contributed by atoms with Gasteiger partial charge in [-0.15, -0.1) is 0 Å². The van der Waals surface area contributed by atoms with Crippen LogP contribution in [0.25, 0.3) is 33.0 Å². The second-order valence-corrected chi connectivity index (χ2v) is 5.63. The minimum absolute atomic E-state index is 0.320. The lowest BCUT2D eigenvalue weighted by atomic mass is 9.94. The van der Waals surface area contributed by atoms with Gasteiger partial charge in [0, 0.05) is 5.39 Å². The molecule has 4 rings (SSSR count). The zero-order valence-corrected chi connectivity index (χ0v) is 12.6. The van der Waals surface area contributed by atoms with Crippen molar-refractivity contribution in [2.75, 3.05) is 0 Å². The Bertz CT molecular complexity index is 957. The molecular weight excluding hydrogens is 280 g/mol. The number of rotatable bonds is 2. The molecule has 23 heavy (non-hydrogen) atoms. The first kappa shape index (κ1) is 13.6. The fourth-order valence-electron chi connectivity index (χ4n) is 3.06. The van der Waals surface area contributed by atoms with E-state index in [4.69, 9.17) is 0 Å². The lowest BCUT2D eigenvalue weighted by Gasteiger charge is -2.11. The SMILES string of the molecule is Oc1cc(-c2ccccc2)cc2cccc(-c3ccccc3)c12. The molecule has 110 valence electrons. The minimum Gasteiger partial charge on any atom is -0.507 e. The Morgan fingerprint density at radius 3 is 1.87 bits per heavy atom. The summed E-state index contributed by atoms with van der Waals surface area (Å²) in [5, 5.41) is 12.6. The summed E-state index contributed by atoms with van der Waals surface area (Å²) < 4.78 is 0. The van der Waals surface area contributed by atoms with E-state index in [1.54, 1.807) is 0 Å². The molecule has 0 aromatic heterocycles. The normalized spacial score (nSPS) is 10.8. The van der Waals surface area contributed by atoms with Gasteiger partial charge in [0.05, 0.1) is 0 Å². The van der Waals surface area contributed by atoms with E-state index in [0.29, 0.717) is 5.75 Å². The Kier molecular flexibility index (Phi) is 3.32. The summed E-state index contributed by atoms with van der Waals surface area (Å²) in [6.07, 6.45) is 0. The maximum atomic E-state index is 10.7. The Morgan fingerprint density at radius 2 is 1.17 bits per heavy atom. The van der Waals surface area contributed by atoms with Crippen molar-refractivity contribution in [3.63, 3.8) is 0 Å².